The number of fused-ring (bicyclic) bond motifs is 5. The van der Waals surface area contributed by atoms with Gasteiger partial charge in [0.25, 0.3) is 0 Å². The molecule has 5 heterocycles. The zero-order chi connectivity index (χ0) is 106. The van der Waals surface area contributed by atoms with E-state index in [0.717, 1.165) is 116 Å². The summed E-state index contributed by atoms with van der Waals surface area (Å²) in [6, 6.07) is 0. The first-order chi connectivity index (χ1) is 67.0. The SMILES string of the molecule is CCC(C)(C(=O)OC1C2CC3C1OC(=O)C3C2C(=O)OC(C)(C)C)C(F)(F)F.CCC(C)(F)C(=O)OC1C2CC3C1OC(=O)C3C2C(=O)OC(C)(C)C.CCC(C)(F)C(=O)OC1C2CC3C1OC(=O)C3C2C(=O)OC1(C)C2CC3CC(C2)CC1C3.CCC1(OC(=O)C2C3CC4C(OC(=O)C42)C3OC(=O)C(C)(CC)C(F)(F)F)CCCC1.CCC1(OC(=O)C2C3CC4C(OC(=O)C42)C3OC(=O)C(C)(F)CC)CCCC1. The number of ether oxygens (including phenoxy) is 15. The summed E-state index contributed by atoms with van der Waals surface area (Å²) in [5, 5.41) is 0. The van der Waals surface area contributed by atoms with Crippen molar-refractivity contribution in [2.45, 2.75) is 410 Å². The van der Waals surface area contributed by atoms with Crippen molar-refractivity contribution >= 4 is 89.5 Å². The van der Waals surface area contributed by atoms with Gasteiger partial charge in [-0.1, -0.05) is 48.5 Å². The Morgan fingerprint density at radius 3 is 0.729 bits per heavy atom. The van der Waals surface area contributed by atoms with Crippen molar-refractivity contribution in [1.82, 2.24) is 0 Å². The second-order valence-electron chi connectivity index (χ2n) is 48.3. The van der Waals surface area contributed by atoms with Crippen LogP contribution in [0.1, 0.15) is 292 Å². The molecule has 16 aliphatic carbocycles. The van der Waals surface area contributed by atoms with Gasteiger partial charge in [0.1, 0.15) is 89.0 Å². The highest BCUT2D eigenvalue weighted by molar-refractivity contribution is 5.92. The van der Waals surface area contributed by atoms with E-state index in [4.69, 9.17) is 71.1 Å². The normalized spacial score (nSPS) is 40.8. The lowest BCUT2D eigenvalue weighted by atomic mass is 9.50. The highest BCUT2D eigenvalue weighted by atomic mass is 19.4. The third-order valence-electron chi connectivity index (χ3n) is 38.0. The molecule has 0 aromatic heterocycles. The molecule has 35 atom stereocenters. The Balaban J connectivity index is 0.000000129. The lowest BCUT2D eigenvalue weighted by molar-refractivity contribution is -0.238. The predicted octanol–water partition coefficient (Wildman–Crippen LogP) is 15.9. The van der Waals surface area contributed by atoms with Crippen molar-refractivity contribution in [3.63, 3.8) is 0 Å². The molecule has 39 heteroatoms. The molecular weight excluding hydrogens is 1910 g/mol. The zero-order valence-electron chi connectivity index (χ0n) is 85.5. The topological polar surface area (TPSA) is 394 Å². The average molecular weight is 2050 g/mol. The summed E-state index contributed by atoms with van der Waals surface area (Å²) in [5.41, 5.74) is -14.6. The van der Waals surface area contributed by atoms with Crippen LogP contribution in [0.4, 0.5) is 39.5 Å². The number of carbonyl (C=O) groups is 15. The summed E-state index contributed by atoms with van der Waals surface area (Å²) < 4.78 is 207. The quantitative estimate of drug-likeness (QED) is 0.0465. The van der Waals surface area contributed by atoms with Gasteiger partial charge in [-0.25, -0.2) is 27.6 Å². The van der Waals surface area contributed by atoms with E-state index < -0.39 is 297 Å². The van der Waals surface area contributed by atoms with Crippen molar-refractivity contribution in [1.29, 1.82) is 0 Å². The van der Waals surface area contributed by atoms with Crippen LogP contribution in [0, 0.1) is 153 Å². The van der Waals surface area contributed by atoms with E-state index >= 15 is 0 Å². The first-order valence-electron chi connectivity index (χ1n) is 52.4. The maximum Gasteiger partial charge on any atom is 0.404 e. The molecule has 0 amide bonds. The van der Waals surface area contributed by atoms with E-state index in [1.165, 1.54) is 34.1 Å². The summed E-state index contributed by atoms with van der Waals surface area (Å²) in [7, 11) is 0. The molecule has 804 valence electrons. The van der Waals surface area contributed by atoms with Crippen molar-refractivity contribution < 1.29 is 182 Å². The second-order valence-corrected chi connectivity index (χ2v) is 48.3. The Morgan fingerprint density at radius 2 is 0.521 bits per heavy atom. The summed E-state index contributed by atoms with van der Waals surface area (Å²) >= 11 is 0. The van der Waals surface area contributed by atoms with Crippen molar-refractivity contribution in [3.05, 3.63) is 0 Å². The van der Waals surface area contributed by atoms with Crippen LogP contribution in [0.3, 0.4) is 0 Å². The van der Waals surface area contributed by atoms with Gasteiger partial charge in [-0.05, 0) is 267 Å². The predicted molar refractivity (Wildman–Crippen MR) is 478 cm³/mol. The molecule has 21 fully saturated rings. The minimum atomic E-state index is -4.78. The van der Waals surface area contributed by atoms with Crippen LogP contribution in [-0.2, 0) is 143 Å². The molecule has 35 unspecified atom stereocenters. The molecule has 5 aliphatic heterocycles. The summed E-state index contributed by atoms with van der Waals surface area (Å²) in [6.07, 6.45) is -1.59. The van der Waals surface area contributed by atoms with Crippen LogP contribution in [0.2, 0.25) is 0 Å². The number of hydrogen-bond donors (Lipinski definition) is 0. The highest BCUT2D eigenvalue weighted by Crippen LogP contribution is 2.68. The molecule has 0 N–H and O–H groups in total. The van der Waals surface area contributed by atoms with Crippen LogP contribution in [-0.4, -0.2) is 208 Å². The standard InChI is InChI=1S/C25H33FO6.C22H29F3O6.C21H29FO6.C19H25F3O6.C18H25FO6/c1-4-24(2,26)23(29)31-20-16-10-15-17(21(27)30-19(15)20)18(16)22(28)32-25(3)13-6-11-5-12(8-13)9-14(25)7-11;1-4-20(3,22(23,24)25)19(28)30-16-12-10-11-13(17(26)29-15(11)16)14(12)18(27)31-21(5-2)8-6-7-9-21;1-4-20(3,22)19(25)27-16-12-10-11-13(17(23)26-15(11)16)14(12)18(24)28-21(5-2)8-6-7-9-21;1-6-18(5,19(20,21)22)16(25)27-13-9-7-8-10(14(23)26-12(8)13)11(9)15(24)28-17(2,3)4;1-6-18(5,19)16(22)24-13-9-7-8-10(14(20)23-12(8)13)11(9)15(21)25-17(2,3)4/h11-20H,4-10H2,1-3H3;11-16H,4-10H2,1-3H3;11-16H,4-10H2,1-3H3;8-13H,6-7H2,1-5H3;8-13H,6-7H2,1-5H3. The molecule has 5 saturated heterocycles. The molecule has 16 saturated carbocycles. The minimum absolute atomic E-state index is 0.00564. The maximum absolute atomic E-state index is 14.5. The van der Waals surface area contributed by atoms with E-state index in [1.807, 2.05) is 13.8 Å². The molecule has 0 radical (unpaired) electrons. The largest absolute Gasteiger partial charge is 0.460 e. The molecule has 21 aliphatic rings. The fraction of sp³-hybridized carbons (Fsp3) is 0.857. The van der Waals surface area contributed by atoms with E-state index in [0.29, 0.717) is 50.4 Å². The van der Waals surface area contributed by atoms with E-state index in [2.05, 4.69) is 6.92 Å². The minimum Gasteiger partial charge on any atom is -0.460 e. The Kier molecular flexibility index (Phi) is 28.7. The van der Waals surface area contributed by atoms with Gasteiger partial charge in [0.2, 0.25) is 17.0 Å². The van der Waals surface area contributed by atoms with Crippen molar-refractivity contribution in [3.8, 4) is 0 Å². The van der Waals surface area contributed by atoms with Gasteiger partial charge in [-0.2, -0.15) is 26.3 Å². The number of alkyl halides is 9. The Labute approximate surface area is 831 Å². The van der Waals surface area contributed by atoms with Gasteiger partial charge in [-0.3, -0.25) is 57.5 Å². The van der Waals surface area contributed by atoms with Crippen LogP contribution in [0.25, 0.3) is 0 Å². The molecule has 0 aromatic carbocycles. The van der Waals surface area contributed by atoms with Gasteiger partial charge in [0, 0.05) is 59.2 Å². The van der Waals surface area contributed by atoms with E-state index in [-0.39, 0.29) is 72.6 Å². The smallest absolute Gasteiger partial charge is 0.404 e. The molecular formula is C105H141F9O30. The second kappa shape index (κ2) is 38.2. The van der Waals surface area contributed by atoms with Crippen LogP contribution >= 0.6 is 0 Å². The molecule has 0 spiro atoms. The highest BCUT2D eigenvalue weighted by Gasteiger charge is 2.78. The Hall–Kier alpha value is -8.58. The molecule has 144 heavy (non-hydrogen) atoms. The third-order valence-corrected chi connectivity index (χ3v) is 38.0. The Bertz CT molecular complexity index is 5010. The van der Waals surface area contributed by atoms with Gasteiger partial charge < -0.3 is 71.1 Å². The first-order valence-corrected chi connectivity index (χ1v) is 52.4. The Morgan fingerprint density at radius 1 is 0.299 bits per heavy atom. The molecule has 14 bridgehead atoms. The number of hydrogen-bond acceptors (Lipinski definition) is 30. The third kappa shape index (κ3) is 18.5. The van der Waals surface area contributed by atoms with E-state index in [9.17, 15) is 111 Å². The van der Waals surface area contributed by atoms with Crippen molar-refractivity contribution in [2.75, 3.05) is 0 Å². The average Bonchev–Trinajstić information content (AvgIpc) is 1.61. The van der Waals surface area contributed by atoms with Gasteiger partial charge in [0.15, 0.2) is 10.8 Å². The number of carbonyl (C=O) groups excluding carboxylic acids is 15. The number of halogens is 9. The van der Waals surface area contributed by atoms with Crippen LogP contribution in [0.5, 0.6) is 0 Å². The van der Waals surface area contributed by atoms with Crippen molar-refractivity contribution in [2.24, 2.45) is 153 Å². The lowest BCUT2D eigenvalue weighted by Gasteiger charge is -2.59. The van der Waals surface area contributed by atoms with Gasteiger partial charge in [0.05, 0.1) is 59.2 Å². The fourth-order valence-electron chi connectivity index (χ4n) is 28.9. The van der Waals surface area contributed by atoms with Crippen LogP contribution < -0.4 is 0 Å². The maximum atomic E-state index is 14.5. The summed E-state index contributed by atoms with van der Waals surface area (Å²) in [6.45, 7) is 28.7. The lowest BCUT2D eigenvalue weighted by Crippen LogP contribution is -2.59. The number of esters is 15. The summed E-state index contributed by atoms with van der Waals surface area (Å²) in [4.78, 5) is 189. The molecule has 30 nitrogen and oxygen atoms in total. The van der Waals surface area contributed by atoms with Gasteiger partial charge in [-0.15, -0.1) is 0 Å². The molecule has 0 aromatic rings. The fourth-order valence-corrected chi connectivity index (χ4v) is 28.9. The molecule has 21 rings (SSSR count). The van der Waals surface area contributed by atoms with Gasteiger partial charge >= 0.3 is 102 Å². The summed E-state index contributed by atoms with van der Waals surface area (Å²) in [5.74, 6) is -18.4. The van der Waals surface area contributed by atoms with Crippen LogP contribution in [0.15, 0.2) is 0 Å². The first kappa shape index (κ1) is 108. The monoisotopic (exact) mass is 2050 g/mol. The van der Waals surface area contributed by atoms with E-state index in [1.54, 1.807) is 62.3 Å². The zero-order valence-corrected chi connectivity index (χ0v) is 85.5. The number of rotatable bonds is 25.